The molecule has 204 valence electrons. The maximum absolute atomic E-state index is 15.5. The van der Waals surface area contributed by atoms with E-state index in [1.54, 1.807) is 30.2 Å². The highest BCUT2D eigenvalue weighted by molar-refractivity contribution is 5.77. The molecule has 2 aromatic rings. The van der Waals surface area contributed by atoms with Crippen molar-refractivity contribution in [1.29, 1.82) is 0 Å². The molecule has 0 bridgehead atoms. The highest BCUT2D eigenvalue weighted by Gasteiger charge is 2.36. The first-order chi connectivity index (χ1) is 17.6. The number of pyridine rings is 1. The van der Waals surface area contributed by atoms with E-state index in [4.69, 9.17) is 4.74 Å². The fourth-order valence-electron chi connectivity index (χ4n) is 5.09. The van der Waals surface area contributed by atoms with Crippen LogP contribution in [0.5, 0.6) is 5.75 Å². The first-order valence-electron chi connectivity index (χ1n) is 12.9. The summed E-state index contributed by atoms with van der Waals surface area (Å²) >= 11 is 0. The molecule has 2 aliphatic rings. The smallest absolute Gasteiger partial charge is 0.389 e. The molecule has 1 saturated carbocycles. The number of halogens is 4. The Morgan fingerprint density at radius 1 is 1.22 bits per heavy atom. The molecule has 0 atom stereocenters. The molecule has 3 heterocycles. The number of nitrogens with one attached hydrogen (secondary N) is 1. The summed E-state index contributed by atoms with van der Waals surface area (Å²) in [5.74, 6) is 0.304. The van der Waals surface area contributed by atoms with Gasteiger partial charge in [-0.3, -0.25) is 14.5 Å². The summed E-state index contributed by atoms with van der Waals surface area (Å²) < 4.78 is 60.2. The topological polar surface area (TPSA) is 72.3 Å². The number of alkyl halides is 4. The van der Waals surface area contributed by atoms with Gasteiger partial charge in [-0.05, 0) is 56.6 Å². The van der Waals surface area contributed by atoms with Crippen molar-refractivity contribution in [1.82, 2.24) is 25.0 Å². The second kappa shape index (κ2) is 11.8. The van der Waals surface area contributed by atoms with E-state index in [0.717, 1.165) is 24.2 Å². The van der Waals surface area contributed by atoms with E-state index in [0.29, 0.717) is 63.1 Å². The Morgan fingerprint density at radius 2 is 1.97 bits per heavy atom. The van der Waals surface area contributed by atoms with Gasteiger partial charge < -0.3 is 15.0 Å². The number of carbonyl (C=O) groups is 1. The van der Waals surface area contributed by atoms with Crippen LogP contribution in [0.4, 0.5) is 17.6 Å². The standard InChI is InChI=1S/C26H35F4N5O2/c1-34-17-22(16-31-34)37-18-24(36)33-21-4-9-25(27,10-5-21)12-15-35-13-7-19-2-3-20(6-11-26(28,29)30)32-23(19)8-14-35/h2-3,16-17,21H,4-15,18H2,1H3,(H,33,36). The summed E-state index contributed by atoms with van der Waals surface area (Å²) in [6.07, 6.45) is 1.89. The van der Waals surface area contributed by atoms with Crippen molar-refractivity contribution in [2.24, 2.45) is 7.05 Å². The molecule has 1 amide bonds. The number of aryl methyl sites for hydroxylation is 2. The van der Waals surface area contributed by atoms with E-state index < -0.39 is 18.3 Å². The molecular weight excluding hydrogens is 490 g/mol. The predicted octanol–water partition coefficient (Wildman–Crippen LogP) is 3.95. The van der Waals surface area contributed by atoms with Crippen LogP contribution in [0.1, 0.15) is 55.5 Å². The molecule has 0 saturated heterocycles. The number of hydrogen-bond acceptors (Lipinski definition) is 5. The Hall–Kier alpha value is -2.69. The molecule has 37 heavy (non-hydrogen) atoms. The highest BCUT2D eigenvalue weighted by Crippen LogP contribution is 2.35. The highest BCUT2D eigenvalue weighted by atomic mass is 19.4. The lowest BCUT2D eigenvalue weighted by atomic mass is 9.81. The zero-order valence-electron chi connectivity index (χ0n) is 21.2. The van der Waals surface area contributed by atoms with Crippen molar-refractivity contribution in [3.8, 4) is 5.75 Å². The molecule has 1 aliphatic heterocycles. The normalized spacial score (nSPS) is 22.8. The Morgan fingerprint density at radius 3 is 2.68 bits per heavy atom. The Balaban J connectivity index is 1.17. The van der Waals surface area contributed by atoms with E-state index in [2.05, 4.69) is 20.3 Å². The van der Waals surface area contributed by atoms with E-state index in [1.807, 2.05) is 6.07 Å². The molecule has 4 rings (SSSR count). The zero-order chi connectivity index (χ0) is 26.5. The number of ether oxygens (including phenoxy) is 1. The predicted molar refractivity (Wildman–Crippen MR) is 130 cm³/mol. The number of carbonyl (C=O) groups excluding carboxylic acids is 1. The summed E-state index contributed by atoms with van der Waals surface area (Å²) in [6, 6.07) is 3.53. The van der Waals surface area contributed by atoms with Crippen LogP contribution in [0.25, 0.3) is 0 Å². The van der Waals surface area contributed by atoms with Gasteiger partial charge in [-0.15, -0.1) is 0 Å². The minimum atomic E-state index is -4.19. The molecule has 0 radical (unpaired) electrons. The molecule has 1 N–H and O–H groups in total. The van der Waals surface area contributed by atoms with Crippen LogP contribution in [-0.2, 0) is 31.1 Å². The van der Waals surface area contributed by atoms with Crippen molar-refractivity contribution in [2.75, 3.05) is 26.2 Å². The second-order valence-corrected chi connectivity index (χ2v) is 10.2. The Bertz CT molecular complexity index is 1050. The van der Waals surface area contributed by atoms with Gasteiger partial charge >= 0.3 is 6.18 Å². The minimum absolute atomic E-state index is 0.0563. The largest absolute Gasteiger partial charge is 0.480 e. The minimum Gasteiger partial charge on any atom is -0.480 e. The zero-order valence-corrected chi connectivity index (χ0v) is 21.2. The lowest BCUT2D eigenvalue weighted by molar-refractivity contribution is -0.134. The number of nitrogens with zero attached hydrogens (tertiary/aromatic N) is 4. The average molecular weight is 526 g/mol. The van der Waals surface area contributed by atoms with Crippen LogP contribution >= 0.6 is 0 Å². The number of hydrogen-bond donors (Lipinski definition) is 1. The Labute approximate surface area is 214 Å². The Kier molecular flexibility index (Phi) is 8.71. The number of rotatable bonds is 9. The van der Waals surface area contributed by atoms with Crippen molar-refractivity contribution in [2.45, 2.75) is 75.7 Å². The number of amides is 1. The maximum atomic E-state index is 15.5. The van der Waals surface area contributed by atoms with Crippen molar-refractivity contribution in [3.63, 3.8) is 0 Å². The maximum Gasteiger partial charge on any atom is 0.389 e. The summed E-state index contributed by atoms with van der Waals surface area (Å²) in [6.45, 7) is 2.02. The molecule has 7 nitrogen and oxygen atoms in total. The van der Waals surface area contributed by atoms with Gasteiger partial charge in [0.15, 0.2) is 12.4 Å². The summed E-state index contributed by atoms with van der Waals surface area (Å²) in [5.41, 5.74) is 1.15. The first kappa shape index (κ1) is 27.3. The van der Waals surface area contributed by atoms with Gasteiger partial charge in [-0.2, -0.15) is 18.3 Å². The average Bonchev–Trinajstić information content (AvgIpc) is 3.16. The number of fused-ring (bicyclic) bond motifs is 1. The summed E-state index contributed by atoms with van der Waals surface area (Å²) in [5, 5.41) is 6.93. The molecule has 11 heteroatoms. The molecule has 0 spiro atoms. The fraction of sp³-hybridized carbons (Fsp3) is 0.654. The lowest BCUT2D eigenvalue weighted by Gasteiger charge is -2.35. The van der Waals surface area contributed by atoms with Crippen LogP contribution < -0.4 is 10.1 Å². The van der Waals surface area contributed by atoms with Gasteiger partial charge in [-0.25, -0.2) is 4.39 Å². The molecule has 2 aromatic heterocycles. The molecule has 0 aromatic carbocycles. The molecule has 0 unspecified atom stereocenters. The molecular formula is C26H35F4N5O2. The molecule has 1 fully saturated rings. The fourth-order valence-corrected chi connectivity index (χ4v) is 5.09. The van der Waals surface area contributed by atoms with Gasteiger partial charge in [-0.1, -0.05) is 6.07 Å². The van der Waals surface area contributed by atoms with Crippen LogP contribution in [-0.4, -0.2) is 69.7 Å². The van der Waals surface area contributed by atoms with Crippen molar-refractivity contribution >= 4 is 5.91 Å². The van der Waals surface area contributed by atoms with Gasteiger partial charge in [0, 0.05) is 57.0 Å². The van der Waals surface area contributed by atoms with Crippen molar-refractivity contribution in [3.05, 3.63) is 41.5 Å². The lowest BCUT2D eigenvalue weighted by Crippen LogP contribution is -2.44. The van der Waals surface area contributed by atoms with Gasteiger partial charge in [0.05, 0.1) is 12.4 Å². The SMILES string of the molecule is Cn1cc(OCC(=O)NC2CCC(F)(CCN3CCc4ccc(CCC(F)(F)F)nc4CC3)CC2)cn1. The van der Waals surface area contributed by atoms with E-state index in [-0.39, 0.29) is 25.0 Å². The summed E-state index contributed by atoms with van der Waals surface area (Å²) in [4.78, 5) is 18.9. The van der Waals surface area contributed by atoms with Gasteiger partial charge in [0.1, 0.15) is 5.67 Å². The number of aromatic nitrogens is 3. The van der Waals surface area contributed by atoms with Crippen LogP contribution in [0.2, 0.25) is 0 Å². The van der Waals surface area contributed by atoms with E-state index >= 15 is 4.39 Å². The third-order valence-corrected chi connectivity index (χ3v) is 7.33. The first-order valence-corrected chi connectivity index (χ1v) is 12.9. The monoisotopic (exact) mass is 525 g/mol. The van der Waals surface area contributed by atoms with Crippen molar-refractivity contribution < 1.29 is 27.1 Å². The second-order valence-electron chi connectivity index (χ2n) is 10.2. The van der Waals surface area contributed by atoms with E-state index in [1.165, 1.54) is 0 Å². The quantitative estimate of drug-likeness (QED) is 0.502. The van der Waals surface area contributed by atoms with Crippen LogP contribution in [0.3, 0.4) is 0 Å². The van der Waals surface area contributed by atoms with Crippen LogP contribution in [0.15, 0.2) is 24.5 Å². The molecule has 1 aliphatic carbocycles. The van der Waals surface area contributed by atoms with Gasteiger partial charge in [0.25, 0.3) is 5.91 Å². The third kappa shape index (κ3) is 8.41. The van der Waals surface area contributed by atoms with E-state index in [9.17, 15) is 18.0 Å². The van der Waals surface area contributed by atoms with Gasteiger partial charge in [0.2, 0.25) is 0 Å². The summed E-state index contributed by atoms with van der Waals surface area (Å²) in [7, 11) is 1.77. The third-order valence-electron chi connectivity index (χ3n) is 7.33. The van der Waals surface area contributed by atoms with Crippen LogP contribution in [0, 0.1) is 0 Å².